The summed E-state index contributed by atoms with van der Waals surface area (Å²) in [6, 6.07) is 19.2. The molecule has 5 rings (SSSR count). The molecule has 2 heterocycles. The molecule has 1 aliphatic heterocycles. The van der Waals surface area contributed by atoms with E-state index in [9.17, 15) is 9.59 Å². The number of aromatic nitrogens is 1. The quantitative estimate of drug-likeness (QED) is 0.600. The van der Waals surface area contributed by atoms with E-state index in [0.29, 0.717) is 24.1 Å². The fourth-order valence-electron chi connectivity index (χ4n) is 3.99. The maximum Gasteiger partial charge on any atom is 0.339 e. The number of hydrogen-bond donors (Lipinski definition) is 0. The lowest BCUT2D eigenvalue weighted by atomic mass is 9.93. The summed E-state index contributed by atoms with van der Waals surface area (Å²) in [5, 5.41) is 0. The summed E-state index contributed by atoms with van der Waals surface area (Å²) in [6.07, 6.45) is 5.83. The van der Waals surface area contributed by atoms with E-state index in [0.717, 1.165) is 29.5 Å². The van der Waals surface area contributed by atoms with E-state index in [1.54, 1.807) is 24.5 Å². The van der Waals surface area contributed by atoms with Crippen LogP contribution < -0.4 is 0 Å². The molecule has 2 aliphatic rings. The van der Waals surface area contributed by atoms with Gasteiger partial charge < -0.3 is 9.64 Å². The second-order valence-electron chi connectivity index (χ2n) is 7.91. The number of cyclic esters (lactones) is 1. The Labute approximate surface area is 175 Å². The molecule has 0 radical (unpaired) electrons. The van der Waals surface area contributed by atoms with Crippen LogP contribution >= 0.6 is 0 Å². The normalized spacial score (nSPS) is 17.7. The number of hydrogen-bond acceptors (Lipinski definition) is 4. The number of benzene rings is 2. The number of ether oxygens (including phenoxy) is 1. The Bertz CT molecular complexity index is 1080. The number of nitrogens with zero attached hydrogens (tertiary/aromatic N) is 2. The van der Waals surface area contributed by atoms with Crippen molar-refractivity contribution >= 4 is 11.9 Å². The van der Waals surface area contributed by atoms with Gasteiger partial charge in [0.1, 0.15) is 6.10 Å². The summed E-state index contributed by atoms with van der Waals surface area (Å²) in [7, 11) is 0. The first-order chi connectivity index (χ1) is 14.7. The highest BCUT2D eigenvalue weighted by molar-refractivity contribution is 5.98. The third kappa shape index (κ3) is 3.71. The van der Waals surface area contributed by atoms with Gasteiger partial charge in [0.15, 0.2) is 0 Å². The van der Waals surface area contributed by atoms with Crippen molar-refractivity contribution in [2.24, 2.45) is 0 Å². The summed E-state index contributed by atoms with van der Waals surface area (Å²) >= 11 is 0. The van der Waals surface area contributed by atoms with Crippen molar-refractivity contribution in [3.63, 3.8) is 0 Å². The molecule has 2 aromatic carbocycles. The molecule has 1 amide bonds. The smallest absolute Gasteiger partial charge is 0.339 e. The molecule has 1 aromatic heterocycles. The van der Waals surface area contributed by atoms with Gasteiger partial charge in [0.2, 0.25) is 0 Å². The van der Waals surface area contributed by atoms with Crippen LogP contribution in [0.25, 0.3) is 0 Å². The minimum absolute atomic E-state index is 0.000597. The lowest BCUT2D eigenvalue weighted by Gasteiger charge is -2.26. The first-order valence-electron chi connectivity index (χ1n) is 10.3. The Morgan fingerprint density at radius 3 is 2.63 bits per heavy atom. The lowest BCUT2D eigenvalue weighted by Crippen LogP contribution is -2.33. The number of rotatable bonds is 5. The van der Waals surface area contributed by atoms with E-state index in [1.807, 2.05) is 53.4 Å². The minimum Gasteiger partial charge on any atom is -0.454 e. The molecule has 0 spiro atoms. The maximum atomic E-state index is 13.3. The van der Waals surface area contributed by atoms with Crippen LogP contribution in [0.5, 0.6) is 0 Å². The van der Waals surface area contributed by atoms with Crippen molar-refractivity contribution in [2.75, 3.05) is 0 Å². The Morgan fingerprint density at radius 1 is 1.07 bits per heavy atom. The van der Waals surface area contributed by atoms with Gasteiger partial charge in [0.05, 0.1) is 5.56 Å². The molecule has 1 aliphatic carbocycles. The fourth-order valence-corrected chi connectivity index (χ4v) is 3.99. The van der Waals surface area contributed by atoms with Crippen LogP contribution in [0.15, 0.2) is 73.1 Å². The zero-order valence-corrected chi connectivity index (χ0v) is 16.5. The van der Waals surface area contributed by atoms with Crippen LogP contribution in [-0.4, -0.2) is 27.8 Å². The summed E-state index contributed by atoms with van der Waals surface area (Å²) in [4.78, 5) is 31.9. The van der Waals surface area contributed by atoms with Crippen molar-refractivity contribution in [2.45, 2.75) is 38.0 Å². The molecule has 0 N–H and O–H groups in total. The average Bonchev–Trinajstić information content (AvgIpc) is 3.63. The Hall–Kier alpha value is -3.47. The fraction of sp³-hybridized carbons (Fsp3) is 0.240. The van der Waals surface area contributed by atoms with E-state index < -0.39 is 0 Å². The second kappa shape index (κ2) is 7.75. The number of pyridine rings is 1. The Balaban J connectivity index is 1.41. The molecule has 150 valence electrons. The SMILES string of the molecule is O=C1O[C@H](c2ccccc2)Cc2cc(C(=O)N(Cc3cccnc3)C3CC3)ccc21. The first kappa shape index (κ1) is 18.6. The van der Waals surface area contributed by atoms with Gasteiger partial charge in [-0.2, -0.15) is 0 Å². The van der Waals surface area contributed by atoms with Crippen LogP contribution in [0, 0.1) is 0 Å². The van der Waals surface area contributed by atoms with Gasteiger partial charge in [-0.3, -0.25) is 9.78 Å². The predicted molar refractivity (Wildman–Crippen MR) is 112 cm³/mol. The zero-order valence-electron chi connectivity index (χ0n) is 16.5. The van der Waals surface area contributed by atoms with Crippen LogP contribution in [0.4, 0.5) is 0 Å². The topological polar surface area (TPSA) is 59.5 Å². The summed E-state index contributed by atoms with van der Waals surface area (Å²) in [5.41, 5.74) is 4.01. The van der Waals surface area contributed by atoms with Crippen molar-refractivity contribution in [3.05, 3.63) is 101 Å². The number of esters is 1. The third-order valence-electron chi connectivity index (χ3n) is 5.72. The van der Waals surface area contributed by atoms with Crippen molar-refractivity contribution in [3.8, 4) is 0 Å². The van der Waals surface area contributed by atoms with Gasteiger partial charge >= 0.3 is 5.97 Å². The number of carbonyl (C=O) groups is 2. The van der Waals surface area contributed by atoms with E-state index in [4.69, 9.17) is 4.74 Å². The van der Waals surface area contributed by atoms with E-state index >= 15 is 0 Å². The van der Waals surface area contributed by atoms with Gasteiger partial charge in [0, 0.05) is 37.0 Å². The zero-order chi connectivity index (χ0) is 20.5. The molecule has 30 heavy (non-hydrogen) atoms. The number of carbonyl (C=O) groups excluding carboxylic acids is 2. The predicted octanol–water partition coefficient (Wildman–Crippen LogP) is 4.34. The molecule has 1 atom stereocenters. The van der Waals surface area contributed by atoms with Crippen LogP contribution in [0.1, 0.15) is 56.4 Å². The standard InChI is InChI=1S/C25H22N2O3/c28-24(27(21-9-10-21)16-17-5-4-12-26-15-17)19-8-11-22-20(13-19)14-23(30-25(22)29)18-6-2-1-3-7-18/h1-8,11-13,15,21,23H,9-10,14,16H2/t23-/m0/s1. The van der Waals surface area contributed by atoms with Crippen molar-refractivity contribution in [1.29, 1.82) is 0 Å². The number of amides is 1. The van der Waals surface area contributed by atoms with Crippen LogP contribution in [0.3, 0.4) is 0 Å². The largest absolute Gasteiger partial charge is 0.454 e. The van der Waals surface area contributed by atoms with Gasteiger partial charge in [-0.25, -0.2) is 4.79 Å². The Kier molecular flexibility index (Phi) is 4.79. The van der Waals surface area contributed by atoms with E-state index in [1.165, 1.54) is 0 Å². The molecular formula is C25H22N2O3. The molecule has 3 aromatic rings. The lowest BCUT2D eigenvalue weighted by molar-refractivity contribution is 0.0252. The highest BCUT2D eigenvalue weighted by Crippen LogP contribution is 2.33. The van der Waals surface area contributed by atoms with Gasteiger partial charge in [-0.15, -0.1) is 0 Å². The van der Waals surface area contributed by atoms with Gasteiger partial charge in [-0.1, -0.05) is 36.4 Å². The maximum absolute atomic E-state index is 13.3. The molecule has 1 fully saturated rings. The summed E-state index contributed by atoms with van der Waals surface area (Å²) in [5.74, 6) is -0.335. The van der Waals surface area contributed by atoms with E-state index in [-0.39, 0.29) is 24.0 Å². The van der Waals surface area contributed by atoms with Gasteiger partial charge in [0.25, 0.3) is 5.91 Å². The molecule has 0 saturated heterocycles. The number of fused-ring (bicyclic) bond motifs is 1. The molecule has 5 heteroatoms. The monoisotopic (exact) mass is 398 g/mol. The molecule has 0 bridgehead atoms. The van der Waals surface area contributed by atoms with Crippen molar-refractivity contribution in [1.82, 2.24) is 9.88 Å². The second-order valence-corrected chi connectivity index (χ2v) is 7.91. The van der Waals surface area contributed by atoms with Gasteiger partial charge in [-0.05, 0) is 53.8 Å². The third-order valence-corrected chi connectivity index (χ3v) is 5.72. The van der Waals surface area contributed by atoms with Crippen molar-refractivity contribution < 1.29 is 14.3 Å². The first-order valence-corrected chi connectivity index (χ1v) is 10.3. The minimum atomic E-state index is -0.335. The molecular weight excluding hydrogens is 376 g/mol. The highest BCUT2D eigenvalue weighted by atomic mass is 16.5. The molecule has 1 saturated carbocycles. The highest BCUT2D eigenvalue weighted by Gasteiger charge is 2.34. The Morgan fingerprint density at radius 2 is 1.90 bits per heavy atom. The summed E-state index contributed by atoms with van der Waals surface area (Å²) < 4.78 is 5.63. The molecule has 5 nitrogen and oxygen atoms in total. The van der Waals surface area contributed by atoms with Crippen LogP contribution in [-0.2, 0) is 17.7 Å². The molecule has 0 unspecified atom stereocenters. The average molecular weight is 398 g/mol. The van der Waals surface area contributed by atoms with Crippen LogP contribution in [0.2, 0.25) is 0 Å². The van der Waals surface area contributed by atoms with E-state index in [2.05, 4.69) is 4.98 Å². The summed E-state index contributed by atoms with van der Waals surface area (Å²) in [6.45, 7) is 0.545.